The third-order valence-corrected chi connectivity index (χ3v) is 7.01. The summed E-state index contributed by atoms with van der Waals surface area (Å²) in [6.07, 6.45) is 2.58. The number of aromatic nitrogens is 2. The van der Waals surface area contributed by atoms with Crippen molar-refractivity contribution in [3.05, 3.63) is 126 Å². The fourth-order valence-electron chi connectivity index (χ4n) is 5.06. The summed E-state index contributed by atoms with van der Waals surface area (Å²) in [5, 5.41) is 11.2. The van der Waals surface area contributed by atoms with E-state index in [2.05, 4.69) is 86.4 Å². The molecule has 4 aromatic carbocycles. The van der Waals surface area contributed by atoms with E-state index in [9.17, 15) is 5.11 Å². The van der Waals surface area contributed by atoms with Crippen LogP contribution in [0.5, 0.6) is 5.75 Å². The van der Waals surface area contributed by atoms with Gasteiger partial charge in [0.1, 0.15) is 11.3 Å². The number of para-hydroxylation sites is 1. The molecule has 0 spiro atoms. The Kier molecular flexibility index (Phi) is 6.24. The van der Waals surface area contributed by atoms with Gasteiger partial charge >= 0.3 is 0 Å². The minimum atomic E-state index is -0.216. The Morgan fingerprint density at radius 3 is 2.26 bits per heavy atom. The predicted octanol–water partition coefficient (Wildman–Crippen LogP) is 8.82. The first-order valence-corrected chi connectivity index (χ1v) is 13.2. The lowest BCUT2D eigenvalue weighted by atomic mass is 9.85. The van der Waals surface area contributed by atoms with Crippen molar-refractivity contribution >= 4 is 11.1 Å². The fourth-order valence-corrected chi connectivity index (χ4v) is 5.06. The summed E-state index contributed by atoms with van der Waals surface area (Å²) >= 11 is 0. The van der Waals surface area contributed by atoms with Crippen LogP contribution >= 0.6 is 0 Å². The highest BCUT2D eigenvalue weighted by molar-refractivity contribution is 5.94. The van der Waals surface area contributed by atoms with Crippen molar-refractivity contribution in [2.75, 3.05) is 0 Å². The first-order chi connectivity index (χ1) is 18.9. The molecule has 4 nitrogen and oxygen atoms in total. The van der Waals surface area contributed by atoms with E-state index in [1.54, 1.807) is 0 Å². The van der Waals surface area contributed by atoms with Crippen LogP contribution in [-0.4, -0.2) is 15.1 Å². The van der Waals surface area contributed by atoms with Crippen LogP contribution in [0.3, 0.4) is 0 Å². The van der Waals surface area contributed by atoms with Crippen LogP contribution in [0.15, 0.2) is 114 Å². The Labute approximate surface area is 228 Å². The summed E-state index contributed by atoms with van der Waals surface area (Å²) in [6, 6.07) is 34.7. The second-order valence-electron chi connectivity index (χ2n) is 10.9. The average molecular weight is 511 g/mol. The van der Waals surface area contributed by atoms with Gasteiger partial charge in [-0.2, -0.15) is 0 Å². The van der Waals surface area contributed by atoms with E-state index in [1.165, 1.54) is 5.56 Å². The zero-order valence-electron chi connectivity index (χ0n) is 22.3. The van der Waals surface area contributed by atoms with Gasteiger partial charge in [-0.3, -0.25) is 4.98 Å². The Morgan fingerprint density at radius 1 is 0.718 bits per heavy atom. The first kappa shape index (κ1) is 24.6. The predicted molar refractivity (Wildman–Crippen MR) is 158 cm³/mol. The van der Waals surface area contributed by atoms with Gasteiger partial charge in [-0.1, -0.05) is 87.5 Å². The zero-order chi connectivity index (χ0) is 27.0. The second-order valence-corrected chi connectivity index (χ2v) is 10.9. The summed E-state index contributed by atoms with van der Waals surface area (Å²) in [4.78, 5) is 9.49. The normalized spacial score (nSPS) is 11.7. The summed E-state index contributed by atoms with van der Waals surface area (Å²) in [7, 11) is 0. The van der Waals surface area contributed by atoms with Crippen LogP contribution in [0.2, 0.25) is 0 Å². The standard InChI is InChI=1S/C35H30N2O2/c1-35(2,3)29-16-10-15-27(33(29)38)34-37-32-28(25-13-9-14-26(22-25)30-17-7-8-18-36-30)20-24(21-31(32)39-34)19-23-11-5-4-6-12-23/h4-18,20-22,38H,19H2,1-3H3. The number of oxazole rings is 1. The van der Waals surface area contributed by atoms with Crippen LogP contribution < -0.4 is 0 Å². The molecule has 2 aromatic heterocycles. The van der Waals surface area contributed by atoms with Crippen LogP contribution in [-0.2, 0) is 11.8 Å². The van der Waals surface area contributed by atoms with Gasteiger partial charge in [-0.05, 0) is 64.9 Å². The molecule has 2 heterocycles. The van der Waals surface area contributed by atoms with Crippen molar-refractivity contribution in [2.45, 2.75) is 32.6 Å². The van der Waals surface area contributed by atoms with E-state index >= 15 is 0 Å². The SMILES string of the molecule is CC(C)(C)c1cccc(-c2nc3c(-c4cccc(-c5ccccn5)c4)cc(Cc4ccccc4)cc3o2)c1O. The Balaban J connectivity index is 1.53. The van der Waals surface area contributed by atoms with E-state index in [4.69, 9.17) is 9.40 Å². The molecule has 0 radical (unpaired) electrons. The fraction of sp³-hybridized carbons (Fsp3) is 0.143. The van der Waals surface area contributed by atoms with Crippen molar-refractivity contribution in [3.63, 3.8) is 0 Å². The average Bonchev–Trinajstić information content (AvgIpc) is 3.37. The van der Waals surface area contributed by atoms with E-state index in [0.717, 1.165) is 45.4 Å². The molecule has 0 saturated carbocycles. The van der Waals surface area contributed by atoms with E-state index in [-0.39, 0.29) is 11.2 Å². The molecule has 0 saturated heterocycles. The number of pyridine rings is 1. The molecule has 0 aliphatic carbocycles. The number of fused-ring (bicyclic) bond motifs is 1. The highest BCUT2D eigenvalue weighted by Crippen LogP contribution is 2.41. The highest BCUT2D eigenvalue weighted by atomic mass is 16.3. The topological polar surface area (TPSA) is 59.2 Å². The number of hydrogen-bond donors (Lipinski definition) is 1. The molecule has 6 rings (SSSR count). The van der Waals surface area contributed by atoms with Crippen LogP contribution in [0.25, 0.3) is 44.9 Å². The van der Waals surface area contributed by atoms with E-state index in [1.807, 2.05) is 48.7 Å². The molecule has 6 aromatic rings. The molecule has 0 aliphatic rings. The van der Waals surface area contributed by atoms with Crippen LogP contribution in [0, 0.1) is 0 Å². The van der Waals surface area contributed by atoms with Gasteiger partial charge in [0.15, 0.2) is 5.58 Å². The highest BCUT2D eigenvalue weighted by Gasteiger charge is 2.23. The summed E-state index contributed by atoms with van der Waals surface area (Å²) in [6.45, 7) is 6.25. The van der Waals surface area contributed by atoms with E-state index < -0.39 is 0 Å². The van der Waals surface area contributed by atoms with Crippen molar-refractivity contribution in [1.82, 2.24) is 9.97 Å². The Hall–Kier alpha value is -4.70. The number of rotatable bonds is 5. The van der Waals surface area contributed by atoms with Gasteiger partial charge in [0, 0.05) is 22.9 Å². The molecule has 0 bridgehead atoms. The van der Waals surface area contributed by atoms with Gasteiger partial charge in [0.25, 0.3) is 0 Å². The smallest absolute Gasteiger partial charge is 0.231 e. The van der Waals surface area contributed by atoms with Crippen molar-refractivity contribution < 1.29 is 9.52 Å². The number of nitrogens with zero attached hydrogens (tertiary/aromatic N) is 2. The van der Waals surface area contributed by atoms with Gasteiger partial charge < -0.3 is 9.52 Å². The summed E-state index contributed by atoms with van der Waals surface area (Å²) in [5.74, 6) is 0.618. The second kappa shape index (κ2) is 9.88. The quantitative estimate of drug-likeness (QED) is 0.252. The molecule has 0 atom stereocenters. The van der Waals surface area contributed by atoms with Crippen molar-refractivity contribution in [3.8, 4) is 39.6 Å². The van der Waals surface area contributed by atoms with Crippen molar-refractivity contribution in [1.29, 1.82) is 0 Å². The third kappa shape index (κ3) is 4.94. The maximum absolute atomic E-state index is 11.2. The lowest BCUT2D eigenvalue weighted by Crippen LogP contribution is -2.11. The number of aromatic hydroxyl groups is 1. The van der Waals surface area contributed by atoms with Gasteiger partial charge in [0.2, 0.25) is 5.89 Å². The number of phenolic OH excluding ortho intramolecular Hbond substituents is 1. The number of benzene rings is 4. The maximum Gasteiger partial charge on any atom is 0.231 e. The van der Waals surface area contributed by atoms with E-state index in [0.29, 0.717) is 17.0 Å². The molecule has 0 aliphatic heterocycles. The van der Waals surface area contributed by atoms with Crippen LogP contribution in [0.1, 0.15) is 37.5 Å². The third-order valence-electron chi connectivity index (χ3n) is 7.01. The van der Waals surface area contributed by atoms with Crippen molar-refractivity contribution in [2.24, 2.45) is 0 Å². The monoisotopic (exact) mass is 510 g/mol. The molecular weight excluding hydrogens is 480 g/mol. The summed E-state index contributed by atoms with van der Waals surface area (Å²) in [5.41, 5.74) is 9.01. The summed E-state index contributed by atoms with van der Waals surface area (Å²) < 4.78 is 6.37. The maximum atomic E-state index is 11.2. The lowest BCUT2D eigenvalue weighted by molar-refractivity contribution is 0.446. The Bertz CT molecular complexity index is 1760. The largest absolute Gasteiger partial charge is 0.507 e. The van der Waals surface area contributed by atoms with Gasteiger partial charge in [-0.25, -0.2) is 4.98 Å². The molecule has 39 heavy (non-hydrogen) atoms. The minimum Gasteiger partial charge on any atom is -0.507 e. The minimum absolute atomic E-state index is 0.208. The molecular formula is C35H30N2O2. The number of phenols is 1. The molecule has 0 amide bonds. The van der Waals surface area contributed by atoms with Gasteiger partial charge in [0.05, 0.1) is 11.3 Å². The number of hydrogen-bond acceptors (Lipinski definition) is 4. The zero-order valence-corrected chi connectivity index (χ0v) is 22.3. The molecule has 4 heteroatoms. The molecule has 1 N–H and O–H groups in total. The van der Waals surface area contributed by atoms with Crippen LogP contribution in [0.4, 0.5) is 0 Å². The van der Waals surface area contributed by atoms with Gasteiger partial charge in [-0.15, -0.1) is 0 Å². The molecule has 0 fully saturated rings. The molecule has 192 valence electrons. The first-order valence-electron chi connectivity index (χ1n) is 13.2. The lowest BCUT2D eigenvalue weighted by Gasteiger charge is -2.21. The Morgan fingerprint density at radius 2 is 1.49 bits per heavy atom. The molecule has 0 unspecified atom stereocenters.